The predicted octanol–water partition coefficient (Wildman–Crippen LogP) is 3.83. The maximum absolute atomic E-state index is 4.34. The van der Waals surface area contributed by atoms with Crippen LogP contribution in [0.25, 0.3) is 0 Å². The largest absolute Gasteiger partial charge is 0.366 e. The monoisotopic (exact) mass is 268 g/mol. The summed E-state index contributed by atoms with van der Waals surface area (Å²) in [7, 11) is 0. The molecule has 2 rings (SSSR count). The highest BCUT2D eigenvalue weighted by atomic mass is 79.9. The van der Waals surface area contributed by atoms with E-state index in [0.29, 0.717) is 6.04 Å². The van der Waals surface area contributed by atoms with Crippen LogP contribution in [0.15, 0.2) is 22.8 Å². The summed E-state index contributed by atoms with van der Waals surface area (Å²) in [6.45, 7) is 2.33. The molecule has 2 atom stereocenters. The Labute approximate surface area is 99.6 Å². The van der Waals surface area contributed by atoms with Crippen LogP contribution in [0.3, 0.4) is 0 Å². The molecule has 0 spiro atoms. The van der Waals surface area contributed by atoms with Crippen LogP contribution in [-0.4, -0.2) is 11.0 Å². The first-order valence-corrected chi connectivity index (χ1v) is 6.42. The number of anilines is 1. The van der Waals surface area contributed by atoms with Crippen molar-refractivity contribution < 1.29 is 0 Å². The first-order valence-electron chi connectivity index (χ1n) is 5.63. The van der Waals surface area contributed by atoms with Crippen LogP contribution in [0.4, 0.5) is 5.82 Å². The molecule has 1 N–H and O–H groups in total. The SMILES string of the molecule is CC1CCCC(Nc2ncccc2Br)C1. The second-order valence-corrected chi connectivity index (χ2v) is 5.30. The van der Waals surface area contributed by atoms with Gasteiger partial charge >= 0.3 is 0 Å². The molecule has 2 unspecified atom stereocenters. The number of halogens is 1. The van der Waals surface area contributed by atoms with Crippen LogP contribution < -0.4 is 5.32 Å². The van der Waals surface area contributed by atoms with E-state index in [4.69, 9.17) is 0 Å². The maximum Gasteiger partial charge on any atom is 0.140 e. The first kappa shape index (κ1) is 10.9. The minimum atomic E-state index is 0.597. The third kappa shape index (κ3) is 2.94. The van der Waals surface area contributed by atoms with Crippen LogP contribution in [0.1, 0.15) is 32.6 Å². The minimum absolute atomic E-state index is 0.597. The van der Waals surface area contributed by atoms with Gasteiger partial charge in [-0.15, -0.1) is 0 Å². The summed E-state index contributed by atoms with van der Waals surface area (Å²) in [4.78, 5) is 4.34. The summed E-state index contributed by atoms with van der Waals surface area (Å²) >= 11 is 3.51. The molecule has 15 heavy (non-hydrogen) atoms. The van der Waals surface area contributed by atoms with Gasteiger partial charge in [-0.05, 0) is 46.8 Å². The molecule has 1 aliphatic carbocycles. The van der Waals surface area contributed by atoms with Crippen molar-refractivity contribution in [2.45, 2.75) is 38.6 Å². The van der Waals surface area contributed by atoms with Gasteiger partial charge in [-0.3, -0.25) is 0 Å². The lowest BCUT2D eigenvalue weighted by Gasteiger charge is -2.28. The molecule has 1 aliphatic rings. The Kier molecular flexibility index (Phi) is 3.62. The molecule has 0 aromatic carbocycles. The van der Waals surface area contributed by atoms with Crippen LogP contribution in [0.5, 0.6) is 0 Å². The molecule has 0 amide bonds. The van der Waals surface area contributed by atoms with E-state index in [1.165, 1.54) is 25.7 Å². The number of nitrogens with zero attached hydrogens (tertiary/aromatic N) is 1. The average Bonchev–Trinajstić information content (AvgIpc) is 2.22. The van der Waals surface area contributed by atoms with Gasteiger partial charge in [0.05, 0.1) is 4.47 Å². The number of nitrogens with one attached hydrogen (secondary N) is 1. The molecule has 1 aromatic heterocycles. The Balaban J connectivity index is 1.99. The summed E-state index contributed by atoms with van der Waals surface area (Å²) in [5.74, 6) is 1.83. The van der Waals surface area contributed by atoms with E-state index in [0.717, 1.165) is 16.2 Å². The normalized spacial score (nSPS) is 26.3. The summed E-state index contributed by atoms with van der Waals surface area (Å²) in [5, 5.41) is 3.52. The van der Waals surface area contributed by atoms with Crippen molar-refractivity contribution in [2.75, 3.05) is 5.32 Å². The van der Waals surface area contributed by atoms with Gasteiger partial charge in [-0.25, -0.2) is 4.98 Å². The van der Waals surface area contributed by atoms with E-state index in [2.05, 4.69) is 33.2 Å². The van der Waals surface area contributed by atoms with Gasteiger partial charge < -0.3 is 5.32 Å². The van der Waals surface area contributed by atoms with Crippen LogP contribution >= 0.6 is 15.9 Å². The lowest BCUT2D eigenvalue weighted by Crippen LogP contribution is -2.26. The first-order chi connectivity index (χ1) is 7.25. The van der Waals surface area contributed by atoms with E-state index in [1.54, 1.807) is 0 Å². The fraction of sp³-hybridized carbons (Fsp3) is 0.583. The van der Waals surface area contributed by atoms with Gasteiger partial charge in [0.1, 0.15) is 5.82 Å². The second kappa shape index (κ2) is 4.97. The molecule has 0 saturated heterocycles. The van der Waals surface area contributed by atoms with Crippen molar-refractivity contribution >= 4 is 21.7 Å². The van der Waals surface area contributed by atoms with Crippen molar-refractivity contribution in [3.63, 3.8) is 0 Å². The highest BCUT2D eigenvalue weighted by Crippen LogP contribution is 2.27. The standard InChI is InChI=1S/C12H17BrN2/c1-9-4-2-5-10(8-9)15-12-11(13)6-3-7-14-12/h3,6-7,9-10H,2,4-5,8H2,1H3,(H,14,15). The quantitative estimate of drug-likeness (QED) is 0.882. The Hall–Kier alpha value is -0.570. The molecule has 82 valence electrons. The van der Waals surface area contributed by atoms with Gasteiger partial charge in [-0.1, -0.05) is 19.8 Å². The van der Waals surface area contributed by atoms with Gasteiger partial charge in [0, 0.05) is 12.2 Å². The average molecular weight is 269 g/mol. The Morgan fingerprint density at radius 1 is 1.47 bits per heavy atom. The lowest BCUT2D eigenvalue weighted by molar-refractivity contribution is 0.358. The van der Waals surface area contributed by atoms with Crippen molar-refractivity contribution in [2.24, 2.45) is 5.92 Å². The molecule has 0 aliphatic heterocycles. The number of pyridine rings is 1. The molecular weight excluding hydrogens is 252 g/mol. The highest BCUT2D eigenvalue weighted by Gasteiger charge is 2.19. The van der Waals surface area contributed by atoms with E-state index in [9.17, 15) is 0 Å². The van der Waals surface area contributed by atoms with Gasteiger partial charge in [0.25, 0.3) is 0 Å². The molecule has 3 heteroatoms. The van der Waals surface area contributed by atoms with E-state index in [-0.39, 0.29) is 0 Å². The molecule has 0 radical (unpaired) electrons. The fourth-order valence-corrected chi connectivity index (χ4v) is 2.62. The third-order valence-electron chi connectivity index (χ3n) is 3.04. The highest BCUT2D eigenvalue weighted by molar-refractivity contribution is 9.10. The zero-order chi connectivity index (χ0) is 10.7. The Morgan fingerprint density at radius 3 is 3.07 bits per heavy atom. The fourth-order valence-electron chi connectivity index (χ4n) is 2.25. The zero-order valence-electron chi connectivity index (χ0n) is 9.04. The maximum atomic E-state index is 4.34. The predicted molar refractivity (Wildman–Crippen MR) is 67.0 cm³/mol. The lowest BCUT2D eigenvalue weighted by atomic mass is 9.87. The smallest absolute Gasteiger partial charge is 0.140 e. The van der Waals surface area contributed by atoms with Crippen molar-refractivity contribution in [1.29, 1.82) is 0 Å². The Morgan fingerprint density at radius 2 is 2.33 bits per heavy atom. The van der Waals surface area contributed by atoms with E-state index >= 15 is 0 Å². The van der Waals surface area contributed by atoms with Crippen molar-refractivity contribution in [3.8, 4) is 0 Å². The minimum Gasteiger partial charge on any atom is -0.366 e. The number of hydrogen-bond acceptors (Lipinski definition) is 2. The van der Waals surface area contributed by atoms with Crippen molar-refractivity contribution in [3.05, 3.63) is 22.8 Å². The summed E-state index contributed by atoms with van der Waals surface area (Å²) in [6, 6.07) is 4.57. The number of aromatic nitrogens is 1. The van der Waals surface area contributed by atoms with E-state index in [1.807, 2.05) is 18.3 Å². The van der Waals surface area contributed by atoms with Crippen LogP contribution in [0.2, 0.25) is 0 Å². The molecule has 1 heterocycles. The molecular formula is C12H17BrN2. The topological polar surface area (TPSA) is 24.9 Å². The van der Waals surface area contributed by atoms with Gasteiger partial charge in [0.2, 0.25) is 0 Å². The molecule has 0 bridgehead atoms. The molecule has 1 saturated carbocycles. The second-order valence-electron chi connectivity index (χ2n) is 4.45. The molecule has 1 fully saturated rings. The third-order valence-corrected chi connectivity index (χ3v) is 3.68. The van der Waals surface area contributed by atoms with Crippen LogP contribution in [-0.2, 0) is 0 Å². The summed E-state index contributed by atoms with van der Waals surface area (Å²) in [6.07, 6.45) is 7.08. The number of hydrogen-bond donors (Lipinski definition) is 1. The molecule has 2 nitrogen and oxygen atoms in total. The Bertz CT molecular complexity index is 327. The van der Waals surface area contributed by atoms with E-state index < -0.39 is 0 Å². The van der Waals surface area contributed by atoms with Gasteiger partial charge in [0.15, 0.2) is 0 Å². The number of rotatable bonds is 2. The van der Waals surface area contributed by atoms with Crippen molar-refractivity contribution in [1.82, 2.24) is 4.98 Å². The van der Waals surface area contributed by atoms with Crippen LogP contribution in [0, 0.1) is 5.92 Å². The van der Waals surface area contributed by atoms with Gasteiger partial charge in [-0.2, -0.15) is 0 Å². The zero-order valence-corrected chi connectivity index (χ0v) is 10.6. The summed E-state index contributed by atoms with van der Waals surface area (Å²) < 4.78 is 1.06. The summed E-state index contributed by atoms with van der Waals surface area (Å²) in [5.41, 5.74) is 0. The molecule has 1 aromatic rings.